The summed E-state index contributed by atoms with van der Waals surface area (Å²) < 4.78 is 15.5. The van der Waals surface area contributed by atoms with Gasteiger partial charge in [-0.05, 0) is 54.5 Å². The smallest absolute Gasteiger partial charge is 0.326 e. The number of halogens is 3. The maximum absolute atomic E-state index is 15.5. The van der Waals surface area contributed by atoms with Crippen molar-refractivity contribution in [2.24, 2.45) is 5.92 Å². The Morgan fingerprint density at radius 3 is 2.43 bits per heavy atom. The van der Waals surface area contributed by atoms with Crippen LogP contribution in [0.25, 0.3) is 11.1 Å². The van der Waals surface area contributed by atoms with Crippen molar-refractivity contribution >= 4 is 46.7 Å². The first-order valence-corrected chi connectivity index (χ1v) is 15.1. The van der Waals surface area contributed by atoms with E-state index in [0.717, 1.165) is 42.4 Å². The Balaban J connectivity index is 1.21. The zero-order valence-electron chi connectivity index (χ0n) is 23.2. The fraction of sp³-hybridized carbons (Fsp3) is 0.419. The van der Waals surface area contributed by atoms with Crippen molar-refractivity contribution in [2.75, 3.05) is 23.3 Å². The molecule has 0 spiro atoms. The second-order valence-corrected chi connectivity index (χ2v) is 11.9. The molecule has 5 rings (SSSR count). The van der Waals surface area contributed by atoms with Gasteiger partial charge in [0.05, 0.1) is 16.0 Å². The van der Waals surface area contributed by atoms with Gasteiger partial charge in [0.25, 0.3) is 0 Å². The van der Waals surface area contributed by atoms with Crippen LogP contribution in [-0.4, -0.2) is 52.1 Å². The van der Waals surface area contributed by atoms with E-state index in [2.05, 4.69) is 20.6 Å². The number of hydrogen-bond donors (Lipinski definition) is 3. The van der Waals surface area contributed by atoms with E-state index in [1.807, 2.05) is 30.3 Å². The molecule has 3 aromatic rings. The van der Waals surface area contributed by atoms with Crippen LogP contribution in [0.3, 0.4) is 0 Å². The predicted molar refractivity (Wildman–Crippen MR) is 163 cm³/mol. The summed E-state index contributed by atoms with van der Waals surface area (Å²) in [6.45, 7) is 0.793. The molecule has 2 fully saturated rings. The van der Waals surface area contributed by atoms with E-state index < -0.39 is 23.7 Å². The number of aliphatic carboxylic acids is 1. The summed E-state index contributed by atoms with van der Waals surface area (Å²) in [6, 6.07) is 11.9. The molecule has 1 unspecified atom stereocenters. The van der Waals surface area contributed by atoms with Gasteiger partial charge < -0.3 is 20.6 Å². The van der Waals surface area contributed by atoms with Crippen molar-refractivity contribution in [1.29, 1.82) is 0 Å². The molecular formula is C31H34Cl2FN5O3. The van der Waals surface area contributed by atoms with Crippen molar-refractivity contribution in [2.45, 2.75) is 63.5 Å². The van der Waals surface area contributed by atoms with E-state index in [9.17, 15) is 14.7 Å². The highest BCUT2D eigenvalue weighted by molar-refractivity contribution is 6.42. The molecule has 1 saturated carbocycles. The number of carboxylic acid groups (broad SMARTS) is 1. The van der Waals surface area contributed by atoms with Crippen LogP contribution < -0.4 is 15.5 Å². The Morgan fingerprint density at radius 2 is 1.71 bits per heavy atom. The summed E-state index contributed by atoms with van der Waals surface area (Å²) in [5.74, 6) is -2.15. The number of rotatable bonds is 9. The van der Waals surface area contributed by atoms with E-state index in [1.165, 1.54) is 12.7 Å². The molecule has 0 bridgehead atoms. The quantitative estimate of drug-likeness (QED) is 0.257. The summed E-state index contributed by atoms with van der Waals surface area (Å²) in [5, 5.41) is 16.7. The van der Waals surface area contributed by atoms with Crippen molar-refractivity contribution in [3.63, 3.8) is 0 Å². The van der Waals surface area contributed by atoms with Gasteiger partial charge in [-0.3, -0.25) is 4.79 Å². The molecule has 1 aliphatic heterocycles. The molecule has 3 N–H and O–H groups in total. The first kappa shape index (κ1) is 30.0. The Kier molecular flexibility index (Phi) is 9.80. The number of aromatic nitrogens is 2. The average molecular weight is 615 g/mol. The maximum atomic E-state index is 15.5. The summed E-state index contributed by atoms with van der Waals surface area (Å²) in [7, 11) is 0. The first-order valence-electron chi connectivity index (χ1n) is 14.4. The van der Waals surface area contributed by atoms with Gasteiger partial charge in [0.2, 0.25) is 11.7 Å². The lowest BCUT2D eigenvalue weighted by Gasteiger charge is -2.33. The van der Waals surface area contributed by atoms with E-state index in [1.54, 1.807) is 17.0 Å². The molecule has 222 valence electrons. The van der Waals surface area contributed by atoms with Gasteiger partial charge in [-0.1, -0.05) is 72.8 Å². The number of hydrogen-bond acceptors (Lipinski definition) is 6. The summed E-state index contributed by atoms with van der Waals surface area (Å²) >= 11 is 12.2. The molecule has 42 heavy (non-hydrogen) atoms. The Labute approximate surface area is 254 Å². The molecular weight excluding hydrogens is 580 g/mol. The normalized spacial score (nSPS) is 18.4. The lowest BCUT2D eigenvalue weighted by molar-refractivity contribution is -0.142. The van der Waals surface area contributed by atoms with E-state index in [4.69, 9.17) is 23.2 Å². The number of benzene rings is 2. The van der Waals surface area contributed by atoms with Crippen molar-refractivity contribution in [3.8, 4) is 11.1 Å². The van der Waals surface area contributed by atoms with E-state index in [0.29, 0.717) is 29.4 Å². The minimum absolute atomic E-state index is 0.121. The number of carboxylic acids is 1. The van der Waals surface area contributed by atoms with Crippen LogP contribution in [0, 0.1) is 11.7 Å². The summed E-state index contributed by atoms with van der Waals surface area (Å²) in [4.78, 5) is 35.4. The van der Waals surface area contributed by atoms with Gasteiger partial charge in [-0.15, -0.1) is 0 Å². The molecule has 0 radical (unpaired) electrons. The molecule has 1 aromatic heterocycles. The zero-order valence-corrected chi connectivity index (χ0v) is 24.7. The molecule has 2 aromatic carbocycles. The average Bonchev–Trinajstić information content (AvgIpc) is 3.00. The Morgan fingerprint density at radius 1 is 0.976 bits per heavy atom. The minimum atomic E-state index is -1.12. The number of anilines is 2. The monoisotopic (exact) mass is 613 g/mol. The maximum Gasteiger partial charge on any atom is 0.326 e. The minimum Gasteiger partial charge on any atom is -0.480 e. The number of nitrogens with one attached hydrogen (secondary N) is 2. The van der Waals surface area contributed by atoms with Crippen LogP contribution in [-0.2, 0) is 16.0 Å². The van der Waals surface area contributed by atoms with E-state index in [-0.39, 0.29) is 36.6 Å². The SMILES string of the molecule is O=C(N[C@@H](Cc1ccc(-c2ccc(Cl)c(Cl)c2)cc1)C(=O)O)C1CCCN(c2ncnc(NC3CCCCC3)c2F)C1. The number of amides is 1. The van der Waals surface area contributed by atoms with Gasteiger partial charge >= 0.3 is 5.97 Å². The molecule has 8 nitrogen and oxygen atoms in total. The highest BCUT2D eigenvalue weighted by atomic mass is 35.5. The van der Waals surface area contributed by atoms with Crippen LogP contribution in [0.2, 0.25) is 10.0 Å². The molecule has 2 heterocycles. The van der Waals surface area contributed by atoms with Crippen molar-refractivity contribution in [1.82, 2.24) is 15.3 Å². The first-order chi connectivity index (χ1) is 20.3. The second-order valence-electron chi connectivity index (χ2n) is 11.1. The number of nitrogens with zero attached hydrogens (tertiary/aromatic N) is 3. The highest BCUT2D eigenvalue weighted by Gasteiger charge is 2.31. The van der Waals surface area contributed by atoms with Gasteiger partial charge in [-0.25, -0.2) is 14.8 Å². The lowest BCUT2D eigenvalue weighted by atomic mass is 9.95. The fourth-order valence-corrected chi connectivity index (χ4v) is 6.04. The van der Waals surface area contributed by atoms with Gasteiger partial charge in [0.15, 0.2) is 11.6 Å². The lowest BCUT2D eigenvalue weighted by Crippen LogP contribution is -2.49. The summed E-state index contributed by atoms with van der Waals surface area (Å²) in [5.41, 5.74) is 2.56. The second kappa shape index (κ2) is 13.7. The third-order valence-electron chi connectivity index (χ3n) is 8.07. The number of carbonyl (C=O) groups excluding carboxylic acids is 1. The third-order valence-corrected chi connectivity index (χ3v) is 8.81. The largest absolute Gasteiger partial charge is 0.480 e. The Bertz CT molecular complexity index is 1420. The molecule has 1 amide bonds. The molecule has 1 saturated heterocycles. The van der Waals surface area contributed by atoms with Gasteiger partial charge in [0.1, 0.15) is 12.4 Å². The van der Waals surface area contributed by atoms with Crippen LogP contribution in [0.5, 0.6) is 0 Å². The summed E-state index contributed by atoms with van der Waals surface area (Å²) in [6.07, 6.45) is 8.09. The topological polar surface area (TPSA) is 107 Å². The van der Waals surface area contributed by atoms with Crippen molar-refractivity contribution < 1.29 is 19.1 Å². The van der Waals surface area contributed by atoms with Crippen LogP contribution in [0.4, 0.5) is 16.0 Å². The molecule has 2 atom stereocenters. The van der Waals surface area contributed by atoms with Crippen LogP contribution >= 0.6 is 23.2 Å². The van der Waals surface area contributed by atoms with Gasteiger partial charge in [0, 0.05) is 25.6 Å². The van der Waals surface area contributed by atoms with Crippen LogP contribution in [0.15, 0.2) is 48.8 Å². The number of piperidine rings is 1. The Hall–Kier alpha value is -3.43. The molecule has 2 aliphatic rings. The van der Waals surface area contributed by atoms with Gasteiger partial charge in [-0.2, -0.15) is 4.39 Å². The molecule has 11 heteroatoms. The zero-order chi connectivity index (χ0) is 29.6. The third kappa shape index (κ3) is 7.31. The predicted octanol–water partition coefficient (Wildman–Crippen LogP) is 6.36. The highest BCUT2D eigenvalue weighted by Crippen LogP contribution is 2.30. The van der Waals surface area contributed by atoms with E-state index >= 15 is 4.39 Å². The fourth-order valence-electron chi connectivity index (χ4n) is 5.74. The van der Waals surface area contributed by atoms with Crippen LogP contribution in [0.1, 0.15) is 50.5 Å². The standard InChI is InChI=1S/C31H34Cl2FN5O3/c32-24-13-12-21(16-25(24)33)20-10-8-19(9-11-20)15-26(31(41)42)38-30(40)22-5-4-14-39(17-22)29-27(34)28(35-18-36-29)37-23-6-2-1-3-7-23/h8-13,16,18,22-23,26H,1-7,14-15,17H2,(H,38,40)(H,41,42)(H,35,36,37)/t22?,26-/m0/s1. The number of carbonyl (C=O) groups is 2. The molecule has 1 aliphatic carbocycles. The van der Waals surface area contributed by atoms with Crippen molar-refractivity contribution in [3.05, 3.63) is 70.2 Å².